The van der Waals surface area contributed by atoms with Crippen LogP contribution >= 0.6 is 0 Å². The fourth-order valence-corrected chi connectivity index (χ4v) is 3.23. The van der Waals surface area contributed by atoms with Crippen molar-refractivity contribution in [1.29, 1.82) is 0 Å². The van der Waals surface area contributed by atoms with Gasteiger partial charge < -0.3 is 9.47 Å². The van der Waals surface area contributed by atoms with Gasteiger partial charge in [-0.15, -0.1) is 0 Å². The summed E-state index contributed by atoms with van der Waals surface area (Å²) in [6, 6.07) is 3.98. The SMILES string of the molecule is Cc1cnc(-c2ccncc2)n1CC1CCN(C(=O)C(C)C)C1. The van der Waals surface area contributed by atoms with Gasteiger partial charge in [0.2, 0.25) is 5.91 Å². The average Bonchev–Trinajstić information content (AvgIpc) is 3.16. The largest absolute Gasteiger partial charge is 0.342 e. The van der Waals surface area contributed by atoms with Crippen molar-refractivity contribution in [2.75, 3.05) is 13.1 Å². The number of carbonyl (C=O) groups is 1. The first kappa shape index (κ1) is 15.7. The zero-order valence-corrected chi connectivity index (χ0v) is 14.1. The van der Waals surface area contributed by atoms with E-state index in [1.165, 1.54) is 0 Å². The first-order chi connectivity index (χ1) is 11.1. The Hall–Kier alpha value is -2.17. The maximum absolute atomic E-state index is 12.1. The molecule has 0 N–H and O–H groups in total. The molecule has 3 heterocycles. The molecule has 0 spiro atoms. The highest BCUT2D eigenvalue weighted by atomic mass is 16.2. The Morgan fingerprint density at radius 2 is 2.09 bits per heavy atom. The number of hydrogen-bond acceptors (Lipinski definition) is 3. The zero-order chi connectivity index (χ0) is 16.4. The number of amides is 1. The first-order valence-electron chi connectivity index (χ1n) is 8.27. The van der Waals surface area contributed by atoms with E-state index < -0.39 is 0 Å². The minimum atomic E-state index is 0.0797. The van der Waals surface area contributed by atoms with Crippen molar-refractivity contribution in [3.05, 3.63) is 36.4 Å². The van der Waals surface area contributed by atoms with Gasteiger partial charge in [-0.05, 0) is 31.4 Å². The second kappa shape index (κ2) is 6.52. The van der Waals surface area contributed by atoms with E-state index in [-0.39, 0.29) is 11.8 Å². The molecule has 0 aromatic carbocycles. The molecule has 1 aliphatic rings. The predicted molar refractivity (Wildman–Crippen MR) is 89.7 cm³/mol. The maximum atomic E-state index is 12.1. The lowest BCUT2D eigenvalue weighted by Crippen LogP contribution is -2.32. The third-order valence-electron chi connectivity index (χ3n) is 4.53. The highest BCUT2D eigenvalue weighted by Crippen LogP contribution is 2.25. The lowest BCUT2D eigenvalue weighted by atomic mass is 10.1. The van der Waals surface area contributed by atoms with E-state index in [0.717, 1.165) is 43.1 Å². The van der Waals surface area contributed by atoms with Gasteiger partial charge in [-0.2, -0.15) is 0 Å². The van der Waals surface area contributed by atoms with Gasteiger partial charge in [0.05, 0.1) is 0 Å². The summed E-state index contributed by atoms with van der Waals surface area (Å²) in [7, 11) is 0. The highest BCUT2D eigenvalue weighted by Gasteiger charge is 2.28. The summed E-state index contributed by atoms with van der Waals surface area (Å²) >= 11 is 0. The van der Waals surface area contributed by atoms with Crippen molar-refractivity contribution in [3.63, 3.8) is 0 Å². The van der Waals surface area contributed by atoms with Crippen molar-refractivity contribution < 1.29 is 4.79 Å². The third-order valence-corrected chi connectivity index (χ3v) is 4.53. The summed E-state index contributed by atoms with van der Waals surface area (Å²) < 4.78 is 2.27. The predicted octanol–water partition coefficient (Wildman–Crippen LogP) is 2.76. The molecule has 0 aliphatic carbocycles. The number of nitrogens with zero attached hydrogens (tertiary/aromatic N) is 4. The molecule has 1 unspecified atom stereocenters. The van der Waals surface area contributed by atoms with E-state index in [4.69, 9.17) is 0 Å². The van der Waals surface area contributed by atoms with Crippen LogP contribution in [0.4, 0.5) is 0 Å². The molecule has 23 heavy (non-hydrogen) atoms. The van der Waals surface area contributed by atoms with Gasteiger partial charge in [0.15, 0.2) is 0 Å². The highest BCUT2D eigenvalue weighted by molar-refractivity contribution is 5.78. The molecule has 1 saturated heterocycles. The molecule has 3 rings (SSSR count). The van der Waals surface area contributed by atoms with E-state index in [0.29, 0.717) is 5.92 Å². The second-order valence-electron chi connectivity index (χ2n) is 6.66. The van der Waals surface area contributed by atoms with Crippen LogP contribution in [0.15, 0.2) is 30.7 Å². The van der Waals surface area contributed by atoms with E-state index in [9.17, 15) is 4.79 Å². The Balaban J connectivity index is 1.75. The van der Waals surface area contributed by atoms with Crippen LogP contribution < -0.4 is 0 Å². The van der Waals surface area contributed by atoms with Crippen molar-refractivity contribution in [2.45, 2.75) is 33.7 Å². The molecule has 1 atom stereocenters. The first-order valence-corrected chi connectivity index (χ1v) is 8.27. The average molecular weight is 312 g/mol. The number of imidazole rings is 1. The van der Waals surface area contributed by atoms with Gasteiger partial charge in [0.25, 0.3) is 0 Å². The fourth-order valence-electron chi connectivity index (χ4n) is 3.23. The van der Waals surface area contributed by atoms with Gasteiger partial charge in [-0.1, -0.05) is 13.8 Å². The molecular formula is C18H24N4O. The van der Waals surface area contributed by atoms with Crippen LogP contribution in [0.5, 0.6) is 0 Å². The van der Waals surface area contributed by atoms with Crippen LogP contribution in [0.2, 0.25) is 0 Å². The molecule has 0 saturated carbocycles. The van der Waals surface area contributed by atoms with Crippen molar-refractivity contribution in [3.8, 4) is 11.4 Å². The Labute approximate surface area is 137 Å². The normalized spacial score (nSPS) is 17.9. The van der Waals surface area contributed by atoms with Crippen molar-refractivity contribution >= 4 is 5.91 Å². The summed E-state index contributed by atoms with van der Waals surface area (Å²) in [6.45, 7) is 8.66. The van der Waals surface area contributed by atoms with E-state index in [2.05, 4.69) is 21.5 Å². The van der Waals surface area contributed by atoms with E-state index in [1.54, 1.807) is 12.4 Å². The zero-order valence-electron chi connectivity index (χ0n) is 14.1. The Morgan fingerprint density at radius 3 is 2.78 bits per heavy atom. The fraction of sp³-hybridized carbons (Fsp3) is 0.500. The number of carbonyl (C=O) groups excluding carboxylic acids is 1. The van der Waals surface area contributed by atoms with Gasteiger partial charge in [0, 0.05) is 55.4 Å². The number of likely N-dealkylation sites (tertiary alicyclic amines) is 1. The molecule has 1 aliphatic heterocycles. The molecule has 0 bridgehead atoms. The molecule has 1 fully saturated rings. The minimum absolute atomic E-state index is 0.0797. The van der Waals surface area contributed by atoms with Crippen LogP contribution in [0, 0.1) is 18.8 Å². The standard InChI is InChI=1S/C18H24N4O/c1-13(2)18(23)21-9-6-15(11-21)12-22-14(3)10-20-17(22)16-4-7-19-8-5-16/h4-5,7-8,10,13,15H,6,9,11-12H2,1-3H3. The van der Waals surface area contributed by atoms with Crippen molar-refractivity contribution in [1.82, 2.24) is 19.4 Å². The molecule has 5 heteroatoms. The summed E-state index contributed by atoms with van der Waals surface area (Å²) in [5.74, 6) is 1.82. The molecule has 1 amide bonds. The molecule has 5 nitrogen and oxygen atoms in total. The summed E-state index contributed by atoms with van der Waals surface area (Å²) in [5, 5.41) is 0. The smallest absolute Gasteiger partial charge is 0.225 e. The van der Waals surface area contributed by atoms with Crippen LogP contribution in [0.1, 0.15) is 26.0 Å². The summed E-state index contributed by atoms with van der Waals surface area (Å²) in [4.78, 5) is 22.8. The lowest BCUT2D eigenvalue weighted by molar-refractivity contribution is -0.133. The molecule has 0 radical (unpaired) electrons. The third kappa shape index (κ3) is 3.28. The Kier molecular flexibility index (Phi) is 4.46. The monoisotopic (exact) mass is 312 g/mol. The lowest BCUT2D eigenvalue weighted by Gasteiger charge is -2.19. The summed E-state index contributed by atoms with van der Waals surface area (Å²) in [6.07, 6.45) is 6.57. The van der Waals surface area contributed by atoms with Crippen LogP contribution in [0.25, 0.3) is 11.4 Å². The Morgan fingerprint density at radius 1 is 1.35 bits per heavy atom. The molecule has 2 aromatic rings. The maximum Gasteiger partial charge on any atom is 0.225 e. The van der Waals surface area contributed by atoms with Gasteiger partial charge in [0.1, 0.15) is 5.82 Å². The van der Waals surface area contributed by atoms with Crippen LogP contribution in [-0.4, -0.2) is 38.4 Å². The molecular weight excluding hydrogens is 288 g/mol. The quantitative estimate of drug-likeness (QED) is 0.872. The van der Waals surface area contributed by atoms with Gasteiger partial charge >= 0.3 is 0 Å². The molecule has 122 valence electrons. The van der Waals surface area contributed by atoms with Gasteiger partial charge in [-0.3, -0.25) is 9.78 Å². The number of hydrogen-bond donors (Lipinski definition) is 0. The van der Waals surface area contributed by atoms with E-state index >= 15 is 0 Å². The van der Waals surface area contributed by atoms with Crippen LogP contribution in [0.3, 0.4) is 0 Å². The van der Waals surface area contributed by atoms with Crippen LogP contribution in [-0.2, 0) is 11.3 Å². The summed E-state index contributed by atoms with van der Waals surface area (Å²) in [5.41, 5.74) is 2.24. The van der Waals surface area contributed by atoms with Gasteiger partial charge in [-0.25, -0.2) is 4.98 Å². The molecule has 2 aromatic heterocycles. The Bertz CT molecular complexity index is 678. The topological polar surface area (TPSA) is 51.0 Å². The number of aromatic nitrogens is 3. The van der Waals surface area contributed by atoms with Crippen molar-refractivity contribution in [2.24, 2.45) is 11.8 Å². The second-order valence-corrected chi connectivity index (χ2v) is 6.66. The van der Waals surface area contributed by atoms with E-state index in [1.807, 2.05) is 37.1 Å². The number of aryl methyl sites for hydroxylation is 1. The number of rotatable bonds is 4. The minimum Gasteiger partial charge on any atom is -0.342 e. The number of pyridine rings is 1.